The zero-order valence-electron chi connectivity index (χ0n) is 7.91. The molecule has 82 valence electrons. The number of alkyl halides is 2. The van der Waals surface area contributed by atoms with E-state index in [2.05, 4.69) is 0 Å². The van der Waals surface area contributed by atoms with Gasteiger partial charge in [-0.3, -0.25) is 0 Å². The van der Waals surface area contributed by atoms with Crippen molar-refractivity contribution in [2.75, 3.05) is 0 Å². The fraction of sp³-hybridized carbons (Fsp3) is 0.400. The number of halogens is 2. The monoisotopic (exact) mass is 247 g/mol. The zero-order valence-corrected chi connectivity index (χ0v) is 9.42. The van der Waals surface area contributed by atoms with Gasteiger partial charge < -0.3 is 5.21 Å². The van der Waals surface area contributed by atoms with E-state index >= 15 is 0 Å². The number of rotatable bonds is 3. The van der Waals surface area contributed by atoms with Gasteiger partial charge in [0.15, 0.2) is 5.69 Å². The Kier molecular flexibility index (Phi) is 2.92. The topological polar surface area (TPSA) is 47.7 Å². The molecule has 0 amide bonds. The average molecular weight is 248 g/mol. The molecule has 1 aromatic rings. The van der Waals surface area contributed by atoms with Gasteiger partial charge in [-0.25, -0.2) is 5.21 Å². The molecule has 2 N–H and O–H groups in total. The summed E-state index contributed by atoms with van der Waals surface area (Å²) in [5, 5.41) is 18.4. The van der Waals surface area contributed by atoms with Crippen LogP contribution in [0.15, 0.2) is 24.3 Å². The van der Waals surface area contributed by atoms with Crippen molar-refractivity contribution in [1.82, 2.24) is 0 Å². The standard InChI is InChI=1S/C10H11Cl2NO2/c11-10(12)6-8(10)5-7-1-3-9(4-2-7)13(14)15/h1-4,8,13-14H,5-6H2/t8-/m1/s1. The molecular formula is C10H11Cl2NO2. The van der Waals surface area contributed by atoms with Crippen LogP contribution in [0.2, 0.25) is 0 Å². The summed E-state index contributed by atoms with van der Waals surface area (Å²) in [6, 6.07) is 6.83. The average Bonchev–Trinajstić information content (AvgIpc) is 2.74. The van der Waals surface area contributed by atoms with Gasteiger partial charge in [0.2, 0.25) is 0 Å². The Bertz CT molecular complexity index is 351. The molecule has 1 aromatic carbocycles. The summed E-state index contributed by atoms with van der Waals surface area (Å²) < 4.78 is -0.564. The molecule has 0 saturated heterocycles. The highest BCUT2D eigenvalue weighted by atomic mass is 35.5. The van der Waals surface area contributed by atoms with Gasteiger partial charge in [0.1, 0.15) is 4.33 Å². The van der Waals surface area contributed by atoms with Crippen LogP contribution in [0.25, 0.3) is 0 Å². The Morgan fingerprint density at radius 1 is 1.40 bits per heavy atom. The molecule has 5 heteroatoms. The summed E-state index contributed by atoms with van der Waals surface area (Å²) in [6.45, 7) is 0. The summed E-state index contributed by atoms with van der Waals surface area (Å²) in [5.74, 6) is 0.302. The Balaban J connectivity index is 1.99. The first kappa shape index (κ1) is 11.2. The van der Waals surface area contributed by atoms with E-state index in [1.54, 1.807) is 12.1 Å². The minimum Gasteiger partial charge on any atom is -0.595 e. The van der Waals surface area contributed by atoms with E-state index < -0.39 is 9.56 Å². The Labute approximate surface area is 97.7 Å². The van der Waals surface area contributed by atoms with Gasteiger partial charge in [-0.05, 0) is 24.3 Å². The molecule has 1 fully saturated rings. The molecule has 0 aromatic heterocycles. The van der Waals surface area contributed by atoms with Crippen LogP contribution >= 0.6 is 23.2 Å². The van der Waals surface area contributed by atoms with Gasteiger partial charge in [0, 0.05) is 12.1 Å². The lowest BCUT2D eigenvalue weighted by Gasteiger charge is -2.11. The van der Waals surface area contributed by atoms with Crippen LogP contribution in [0.4, 0.5) is 5.69 Å². The Hall–Kier alpha value is -0.320. The molecule has 0 bridgehead atoms. The first-order chi connectivity index (χ1) is 6.99. The third-order valence-electron chi connectivity index (χ3n) is 2.64. The van der Waals surface area contributed by atoms with Crippen LogP contribution < -0.4 is 5.23 Å². The predicted octanol–water partition coefficient (Wildman–Crippen LogP) is 1.83. The van der Waals surface area contributed by atoms with Crippen molar-refractivity contribution in [2.45, 2.75) is 17.2 Å². The fourth-order valence-electron chi connectivity index (χ4n) is 1.56. The summed E-state index contributed by atoms with van der Waals surface area (Å²) in [5.41, 5.74) is 1.38. The third kappa shape index (κ3) is 2.62. The number of hydrogen-bond acceptors (Lipinski definition) is 2. The van der Waals surface area contributed by atoms with E-state index in [0.717, 1.165) is 18.4 Å². The second-order valence-electron chi connectivity index (χ2n) is 3.87. The van der Waals surface area contributed by atoms with Gasteiger partial charge >= 0.3 is 0 Å². The van der Waals surface area contributed by atoms with E-state index in [-0.39, 0.29) is 0 Å². The molecule has 15 heavy (non-hydrogen) atoms. The van der Waals surface area contributed by atoms with Crippen LogP contribution in [-0.4, -0.2) is 9.54 Å². The second kappa shape index (κ2) is 3.92. The van der Waals surface area contributed by atoms with Crippen LogP contribution in [0.5, 0.6) is 0 Å². The number of nitrogens with one attached hydrogen (secondary N) is 1. The maximum Gasteiger partial charge on any atom is 0.163 e. The molecule has 2 rings (SSSR count). The van der Waals surface area contributed by atoms with Gasteiger partial charge in [-0.1, -0.05) is 12.1 Å². The fourth-order valence-corrected chi connectivity index (χ4v) is 2.09. The molecule has 0 spiro atoms. The molecule has 1 unspecified atom stereocenters. The number of quaternary nitrogens is 1. The molecule has 3 nitrogen and oxygen atoms in total. The molecule has 1 aliphatic rings. The zero-order chi connectivity index (χ0) is 11.1. The summed E-state index contributed by atoms with van der Waals surface area (Å²) in [4.78, 5) is 0. The maximum absolute atomic E-state index is 10.6. The minimum absolute atomic E-state index is 0.302. The van der Waals surface area contributed by atoms with E-state index in [0.29, 0.717) is 11.6 Å². The van der Waals surface area contributed by atoms with Crippen molar-refractivity contribution < 1.29 is 10.4 Å². The summed E-state index contributed by atoms with van der Waals surface area (Å²) in [6.07, 6.45) is 1.63. The van der Waals surface area contributed by atoms with Gasteiger partial charge in [0.05, 0.1) is 0 Å². The van der Waals surface area contributed by atoms with E-state index in [4.69, 9.17) is 28.4 Å². The quantitative estimate of drug-likeness (QED) is 0.633. The largest absolute Gasteiger partial charge is 0.595 e. The van der Waals surface area contributed by atoms with Crippen molar-refractivity contribution in [3.05, 3.63) is 35.0 Å². The first-order valence-corrected chi connectivity index (χ1v) is 5.45. The van der Waals surface area contributed by atoms with Crippen molar-refractivity contribution in [3.63, 3.8) is 0 Å². The second-order valence-corrected chi connectivity index (χ2v) is 5.41. The molecule has 1 aliphatic carbocycles. The lowest BCUT2D eigenvalue weighted by Crippen LogP contribution is -2.99. The highest BCUT2D eigenvalue weighted by Crippen LogP contribution is 2.54. The normalized spacial score (nSPS) is 24.9. The molecular weight excluding hydrogens is 237 g/mol. The summed E-state index contributed by atoms with van der Waals surface area (Å²) >= 11 is 11.8. The maximum atomic E-state index is 10.6. The van der Waals surface area contributed by atoms with E-state index in [1.807, 2.05) is 12.1 Å². The van der Waals surface area contributed by atoms with Crippen LogP contribution in [0.1, 0.15) is 12.0 Å². The van der Waals surface area contributed by atoms with Crippen molar-refractivity contribution in [2.24, 2.45) is 5.92 Å². The summed E-state index contributed by atoms with van der Waals surface area (Å²) in [7, 11) is 0. The lowest BCUT2D eigenvalue weighted by atomic mass is 10.1. The van der Waals surface area contributed by atoms with E-state index in [1.165, 1.54) is 0 Å². The molecule has 1 saturated carbocycles. The first-order valence-electron chi connectivity index (χ1n) is 4.69. The van der Waals surface area contributed by atoms with Crippen LogP contribution in [0.3, 0.4) is 0 Å². The van der Waals surface area contributed by atoms with Gasteiger partial charge in [0.25, 0.3) is 0 Å². The van der Waals surface area contributed by atoms with Crippen LogP contribution in [0, 0.1) is 11.1 Å². The predicted molar refractivity (Wildman–Crippen MR) is 58.5 cm³/mol. The minimum atomic E-state index is -0.906. The Morgan fingerprint density at radius 3 is 2.33 bits per heavy atom. The number of hydrogen-bond donors (Lipinski definition) is 2. The number of benzene rings is 1. The highest BCUT2D eigenvalue weighted by molar-refractivity contribution is 6.50. The smallest absolute Gasteiger partial charge is 0.163 e. The molecule has 2 atom stereocenters. The van der Waals surface area contributed by atoms with Gasteiger partial charge in [-0.2, -0.15) is 5.23 Å². The molecule has 0 heterocycles. The van der Waals surface area contributed by atoms with Gasteiger partial charge in [-0.15, -0.1) is 23.2 Å². The molecule has 0 radical (unpaired) electrons. The third-order valence-corrected chi connectivity index (χ3v) is 3.56. The molecule has 0 aliphatic heterocycles. The lowest BCUT2D eigenvalue weighted by molar-refractivity contribution is -0.991. The van der Waals surface area contributed by atoms with E-state index in [9.17, 15) is 5.21 Å². The Morgan fingerprint density at radius 2 is 1.93 bits per heavy atom. The van der Waals surface area contributed by atoms with Crippen molar-refractivity contribution in [3.8, 4) is 0 Å². The van der Waals surface area contributed by atoms with Crippen LogP contribution in [-0.2, 0) is 6.42 Å². The van der Waals surface area contributed by atoms with Crippen molar-refractivity contribution in [1.29, 1.82) is 0 Å². The highest BCUT2D eigenvalue weighted by Gasteiger charge is 2.51. The SMILES string of the molecule is [O-][NH+](O)c1ccc(C[C@@H]2CC2(Cl)Cl)cc1. The van der Waals surface area contributed by atoms with Crippen molar-refractivity contribution >= 4 is 28.9 Å².